The van der Waals surface area contributed by atoms with E-state index in [0.717, 1.165) is 26.1 Å². The quantitative estimate of drug-likeness (QED) is 0.917. The van der Waals surface area contributed by atoms with Gasteiger partial charge >= 0.3 is 0 Å². The number of aryl methyl sites for hydroxylation is 2. The predicted octanol–water partition coefficient (Wildman–Crippen LogP) is 4.00. The minimum Gasteiger partial charge on any atom is -0.315 e. The molecule has 1 fully saturated rings. The molecule has 1 unspecified atom stereocenters. The lowest BCUT2D eigenvalue weighted by atomic mass is 10.0. The minimum absolute atomic E-state index is 0.407. The van der Waals surface area contributed by atoms with Crippen molar-refractivity contribution < 1.29 is 0 Å². The summed E-state index contributed by atoms with van der Waals surface area (Å²) in [4.78, 5) is 4.12. The van der Waals surface area contributed by atoms with Crippen molar-refractivity contribution in [1.29, 1.82) is 0 Å². The summed E-state index contributed by atoms with van der Waals surface area (Å²) < 4.78 is 0. The lowest BCUT2D eigenvalue weighted by Gasteiger charge is -2.30. The third-order valence-corrected chi connectivity index (χ3v) is 5.57. The summed E-state index contributed by atoms with van der Waals surface area (Å²) in [6.45, 7) is 8.94. The summed E-state index contributed by atoms with van der Waals surface area (Å²) in [6.07, 6.45) is 2.34. The van der Waals surface area contributed by atoms with Crippen LogP contribution < -0.4 is 5.32 Å². The zero-order valence-corrected chi connectivity index (χ0v) is 14.5. The highest BCUT2D eigenvalue weighted by molar-refractivity contribution is 7.10. The molecule has 3 heteroatoms. The van der Waals surface area contributed by atoms with Crippen LogP contribution in [0.15, 0.2) is 35.7 Å². The molecule has 1 aromatic carbocycles. The van der Waals surface area contributed by atoms with Gasteiger partial charge in [0, 0.05) is 24.5 Å². The molecular formula is C19H26N2S. The van der Waals surface area contributed by atoms with Gasteiger partial charge in [-0.05, 0) is 54.4 Å². The highest BCUT2D eigenvalue weighted by Gasteiger charge is 2.24. The van der Waals surface area contributed by atoms with Crippen molar-refractivity contribution in [3.05, 3.63) is 57.3 Å². The van der Waals surface area contributed by atoms with E-state index in [0.29, 0.717) is 6.04 Å². The second-order valence-electron chi connectivity index (χ2n) is 6.16. The average molecular weight is 314 g/mol. The maximum atomic E-state index is 3.52. The number of hydrogen-bond acceptors (Lipinski definition) is 3. The molecule has 1 N–H and O–H groups in total. The Bertz CT molecular complexity index is 580. The number of hydrogen-bond donors (Lipinski definition) is 1. The highest BCUT2D eigenvalue weighted by Crippen LogP contribution is 2.33. The number of nitrogens with zero attached hydrogens (tertiary/aromatic N) is 1. The van der Waals surface area contributed by atoms with Gasteiger partial charge in [-0.15, -0.1) is 11.3 Å². The van der Waals surface area contributed by atoms with Gasteiger partial charge in [0.05, 0.1) is 6.04 Å². The van der Waals surface area contributed by atoms with Gasteiger partial charge in [-0.25, -0.2) is 0 Å². The van der Waals surface area contributed by atoms with Crippen LogP contribution in [0.2, 0.25) is 0 Å². The van der Waals surface area contributed by atoms with E-state index in [9.17, 15) is 0 Å². The van der Waals surface area contributed by atoms with Crippen molar-refractivity contribution in [3.63, 3.8) is 0 Å². The van der Waals surface area contributed by atoms with Crippen LogP contribution in [-0.2, 0) is 6.42 Å². The van der Waals surface area contributed by atoms with Crippen molar-refractivity contribution >= 4 is 11.3 Å². The molecule has 118 valence electrons. The normalized spacial score (nSPS) is 18.1. The maximum Gasteiger partial charge on any atom is 0.0696 e. The highest BCUT2D eigenvalue weighted by atomic mass is 32.1. The van der Waals surface area contributed by atoms with E-state index < -0.39 is 0 Å². The Labute approximate surface area is 138 Å². The summed E-state index contributed by atoms with van der Waals surface area (Å²) in [5.41, 5.74) is 4.23. The third kappa shape index (κ3) is 3.60. The first-order chi connectivity index (χ1) is 10.8. The molecule has 3 rings (SSSR count). The van der Waals surface area contributed by atoms with Gasteiger partial charge in [0.15, 0.2) is 0 Å². The van der Waals surface area contributed by atoms with E-state index >= 15 is 0 Å². The van der Waals surface area contributed by atoms with E-state index in [1.165, 1.54) is 34.5 Å². The molecule has 0 aliphatic carbocycles. The summed E-state index contributed by atoms with van der Waals surface area (Å²) >= 11 is 1.90. The molecule has 0 bridgehead atoms. The van der Waals surface area contributed by atoms with Crippen molar-refractivity contribution in [3.8, 4) is 0 Å². The van der Waals surface area contributed by atoms with Gasteiger partial charge in [0.1, 0.15) is 0 Å². The molecule has 1 aliphatic rings. The second-order valence-corrected chi connectivity index (χ2v) is 7.11. The number of rotatable bonds is 4. The monoisotopic (exact) mass is 314 g/mol. The zero-order chi connectivity index (χ0) is 15.4. The Balaban J connectivity index is 1.93. The molecule has 2 aromatic rings. The van der Waals surface area contributed by atoms with Gasteiger partial charge in [0.2, 0.25) is 0 Å². The van der Waals surface area contributed by atoms with Crippen molar-refractivity contribution in [2.24, 2.45) is 0 Å². The fourth-order valence-corrected chi connectivity index (χ4v) is 4.27. The lowest BCUT2D eigenvalue weighted by molar-refractivity contribution is 0.244. The predicted molar refractivity (Wildman–Crippen MR) is 95.8 cm³/mol. The smallest absolute Gasteiger partial charge is 0.0696 e. The molecule has 2 heterocycles. The Morgan fingerprint density at radius 2 is 2.00 bits per heavy atom. The van der Waals surface area contributed by atoms with Crippen LogP contribution in [0.1, 0.15) is 41.0 Å². The lowest BCUT2D eigenvalue weighted by Crippen LogP contribution is -2.32. The van der Waals surface area contributed by atoms with Gasteiger partial charge < -0.3 is 5.32 Å². The van der Waals surface area contributed by atoms with Crippen LogP contribution >= 0.6 is 11.3 Å². The maximum absolute atomic E-state index is 3.52. The summed E-state index contributed by atoms with van der Waals surface area (Å²) in [6, 6.07) is 12.0. The molecule has 0 amide bonds. The number of nitrogens with one attached hydrogen (secondary N) is 1. The van der Waals surface area contributed by atoms with E-state index in [1.807, 2.05) is 11.3 Å². The van der Waals surface area contributed by atoms with Gasteiger partial charge in [-0.3, -0.25) is 4.90 Å². The molecule has 22 heavy (non-hydrogen) atoms. The Morgan fingerprint density at radius 1 is 1.18 bits per heavy atom. The van der Waals surface area contributed by atoms with E-state index in [-0.39, 0.29) is 0 Å². The van der Waals surface area contributed by atoms with E-state index in [2.05, 4.69) is 59.8 Å². The van der Waals surface area contributed by atoms with E-state index in [4.69, 9.17) is 0 Å². The molecule has 0 spiro atoms. The summed E-state index contributed by atoms with van der Waals surface area (Å²) in [5, 5.41) is 5.80. The fraction of sp³-hybridized carbons (Fsp3) is 0.474. The number of thiophene rings is 1. The molecule has 1 aliphatic heterocycles. The first-order valence-electron chi connectivity index (χ1n) is 8.36. The Morgan fingerprint density at radius 3 is 2.68 bits per heavy atom. The topological polar surface area (TPSA) is 15.3 Å². The van der Waals surface area contributed by atoms with Crippen LogP contribution in [0.4, 0.5) is 0 Å². The first-order valence-corrected chi connectivity index (χ1v) is 9.24. The van der Waals surface area contributed by atoms with Crippen molar-refractivity contribution in [2.75, 3.05) is 26.2 Å². The molecular weight excluding hydrogens is 288 g/mol. The molecule has 1 atom stereocenters. The van der Waals surface area contributed by atoms with Gasteiger partial charge in [0.25, 0.3) is 0 Å². The van der Waals surface area contributed by atoms with Crippen LogP contribution in [0.25, 0.3) is 0 Å². The molecule has 0 radical (unpaired) electrons. The van der Waals surface area contributed by atoms with Crippen molar-refractivity contribution in [2.45, 2.75) is 32.7 Å². The van der Waals surface area contributed by atoms with Crippen LogP contribution in [0.3, 0.4) is 0 Å². The second kappa shape index (κ2) is 7.40. The SMILES string of the molecule is CCc1ccc(C(c2cc(C)cs2)N2CCCNCC2)cc1. The van der Waals surface area contributed by atoms with Gasteiger partial charge in [-0.1, -0.05) is 31.2 Å². The Kier molecular flexibility index (Phi) is 5.29. The van der Waals surface area contributed by atoms with E-state index in [1.54, 1.807) is 0 Å². The number of benzene rings is 1. The molecule has 1 saturated heterocycles. The fourth-order valence-electron chi connectivity index (χ4n) is 3.21. The minimum atomic E-state index is 0.407. The third-order valence-electron chi connectivity index (χ3n) is 4.46. The molecule has 2 nitrogen and oxygen atoms in total. The van der Waals surface area contributed by atoms with Crippen molar-refractivity contribution in [1.82, 2.24) is 10.2 Å². The molecule has 1 aromatic heterocycles. The standard InChI is InChI=1S/C19H26N2S/c1-3-16-5-7-17(8-6-16)19(18-13-15(2)14-22-18)21-11-4-9-20-10-12-21/h5-8,13-14,19-20H,3-4,9-12H2,1-2H3. The largest absolute Gasteiger partial charge is 0.315 e. The zero-order valence-electron chi connectivity index (χ0n) is 13.6. The average Bonchev–Trinajstić information content (AvgIpc) is 2.80. The summed E-state index contributed by atoms with van der Waals surface area (Å²) in [5.74, 6) is 0. The summed E-state index contributed by atoms with van der Waals surface area (Å²) in [7, 11) is 0. The van der Waals surface area contributed by atoms with Crippen LogP contribution in [0.5, 0.6) is 0 Å². The van der Waals surface area contributed by atoms with Crippen LogP contribution in [0, 0.1) is 6.92 Å². The first kappa shape index (κ1) is 15.7. The Hall–Kier alpha value is -1.16. The molecule has 0 saturated carbocycles. The van der Waals surface area contributed by atoms with Gasteiger partial charge in [-0.2, -0.15) is 0 Å². The van der Waals surface area contributed by atoms with Crippen LogP contribution in [-0.4, -0.2) is 31.1 Å².